The van der Waals surface area contributed by atoms with Crippen molar-refractivity contribution < 1.29 is 0 Å². The summed E-state index contributed by atoms with van der Waals surface area (Å²) in [4.78, 5) is 4.26. The summed E-state index contributed by atoms with van der Waals surface area (Å²) >= 11 is 4.97. The van der Waals surface area contributed by atoms with Crippen LogP contribution in [0.15, 0.2) is 12.1 Å². The minimum absolute atomic E-state index is 0.430. The second-order valence-electron chi connectivity index (χ2n) is 5.03. The van der Waals surface area contributed by atoms with E-state index < -0.39 is 0 Å². The van der Waals surface area contributed by atoms with Crippen LogP contribution in [0.4, 0.5) is 0 Å². The maximum atomic E-state index is 4.97. The number of nitrogens with one attached hydrogen (secondary N) is 2. The summed E-state index contributed by atoms with van der Waals surface area (Å²) in [5.74, 6) is 1.35. The highest BCUT2D eigenvalue weighted by molar-refractivity contribution is 7.71. The Morgan fingerprint density at radius 3 is 2.28 bits per heavy atom. The molecule has 0 spiro atoms. The fraction of sp³-hybridized carbons (Fsp3) is 0.429. The number of rotatable bonds is 3. The Labute approximate surface area is 113 Å². The van der Waals surface area contributed by atoms with Gasteiger partial charge < -0.3 is 0 Å². The lowest BCUT2D eigenvalue weighted by atomic mass is 9.88. The van der Waals surface area contributed by atoms with Crippen molar-refractivity contribution in [2.75, 3.05) is 0 Å². The van der Waals surface area contributed by atoms with Crippen molar-refractivity contribution in [1.29, 1.82) is 0 Å². The van der Waals surface area contributed by atoms with Gasteiger partial charge in [0.2, 0.25) is 4.77 Å². The summed E-state index contributed by atoms with van der Waals surface area (Å²) in [6, 6.07) is 4.48. The lowest BCUT2D eigenvalue weighted by molar-refractivity contribution is 0.711. The Bertz CT molecular complexity index is 586. The van der Waals surface area contributed by atoms with Gasteiger partial charge in [0.05, 0.1) is 0 Å². The normalized spacial score (nSPS) is 12.7. The first-order chi connectivity index (χ1) is 8.47. The van der Waals surface area contributed by atoms with Gasteiger partial charge in [-0.15, -0.1) is 0 Å². The predicted octanol–water partition coefficient (Wildman–Crippen LogP) is 3.74. The maximum Gasteiger partial charge on any atom is 0.213 e. The molecule has 4 heteroatoms. The summed E-state index contributed by atoms with van der Waals surface area (Å²) in [5.41, 5.74) is 5.45. The fourth-order valence-corrected chi connectivity index (χ4v) is 2.92. The van der Waals surface area contributed by atoms with Gasteiger partial charge in [-0.05, 0) is 55.6 Å². The van der Waals surface area contributed by atoms with Gasteiger partial charge in [-0.2, -0.15) is 0 Å². The molecule has 1 unspecified atom stereocenters. The van der Waals surface area contributed by atoms with Crippen molar-refractivity contribution in [2.24, 2.45) is 0 Å². The monoisotopic (exact) mass is 261 g/mol. The molecule has 2 rings (SSSR count). The lowest BCUT2D eigenvalue weighted by Gasteiger charge is -2.17. The number of hydrogen-bond acceptors (Lipinski definition) is 2. The van der Waals surface area contributed by atoms with Gasteiger partial charge in [-0.3, -0.25) is 10.2 Å². The summed E-state index contributed by atoms with van der Waals surface area (Å²) in [5, 5.41) is 5.86. The smallest absolute Gasteiger partial charge is 0.213 e. The van der Waals surface area contributed by atoms with Crippen LogP contribution in [0.1, 0.15) is 40.9 Å². The molecule has 0 fully saturated rings. The Morgan fingerprint density at radius 1 is 1.17 bits per heavy atom. The standard InChI is InChI=1S/C14H19N3S/c1-8-5-9(2)13(10(3)6-8)11(4)7-12-15-14(18)17-16-12/h5-6,11H,7H2,1-4H3,(H2,15,16,17,18). The molecule has 2 N–H and O–H groups in total. The summed E-state index contributed by atoms with van der Waals surface area (Å²) in [7, 11) is 0. The van der Waals surface area contributed by atoms with E-state index in [0.29, 0.717) is 10.7 Å². The molecular formula is C14H19N3S. The molecule has 3 nitrogen and oxygen atoms in total. The summed E-state index contributed by atoms with van der Waals surface area (Å²) in [6.45, 7) is 8.73. The van der Waals surface area contributed by atoms with Gasteiger partial charge in [0.15, 0.2) is 0 Å². The zero-order valence-corrected chi connectivity index (χ0v) is 12.1. The van der Waals surface area contributed by atoms with Gasteiger partial charge in [-0.25, -0.2) is 4.98 Å². The van der Waals surface area contributed by atoms with E-state index >= 15 is 0 Å². The average Bonchev–Trinajstić information content (AvgIpc) is 2.62. The second-order valence-corrected chi connectivity index (χ2v) is 5.42. The van der Waals surface area contributed by atoms with Crippen LogP contribution in [-0.4, -0.2) is 15.2 Å². The zero-order chi connectivity index (χ0) is 13.3. The van der Waals surface area contributed by atoms with Gasteiger partial charge in [0.25, 0.3) is 0 Å². The average molecular weight is 261 g/mol. The molecule has 0 bridgehead atoms. The van der Waals surface area contributed by atoms with E-state index in [0.717, 1.165) is 12.2 Å². The van der Waals surface area contributed by atoms with Crippen molar-refractivity contribution in [2.45, 2.75) is 40.0 Å². The minimum Gasteiger partial charge on any atom is -0.286 e. The van der Waals surface area contributed by atoms with Crippen molar-refractivity contribution in [1.82, 2.24) is 15.2 Å². The van der Waals surface area contributed by atoms with Crippen LogP contribution < -0.4 is 0 Å². The van der Waals surface area contributed by atoms with Crippen LogP contribution in [0.2, 0.25) is 0 Å². The van der Waals surface area contributed by atoms with Gasteiger partial charge in [0.1, 0.15) is 5.82 Å². The predicted molar refractivity (Wildman–Crippen MR) is 76.5 cm³/mol. The van der Waals surface area contributed by atoms with E-state index in [9.17, 15) is 0 Å². The van der Waals surface area contributed by atoms with Crippen molar-refractivity contribution in [3.8, 4) is 0 Å². The molecule has 1 heterocycles. The second kappa shape index (κ2) is 5.06. The molecule has 96 valence electrons. The Hall–Kier alpha value is -1.42. The molecule has 0 saturated heterocycles. The largest absolute Gasteiger partial charge is 0.286 e. The third kappa shape index (κ3) is 2.70. The maximum absolute atomic E-state index is 4.97. The van der Waals surface area contributed by atoms with Crippen LogP contribution in [0.5, 0.6) is 0 Å². The van der Waals surface area contributed by atoms with Crippen LogP contribution in [0.25, 0.3) is 0 Å². The highest BCUT2D eigenvalue weighted by Gasteiger charge is 2.14. The molecule has 0 aliphatic heterocycles. The van der Waals surface area contributed by atoms with E-state index in [1.165, 1.54) is 22.3 Å². The third-order valence-electron chi connectivity index (χ3n) is 3.28. The molecule has 0 amide bonds. The SMILES string of the molecule is Cc1cc(C)c(C(C)Cc2nc(=S)[nH][nH]2)c(C)c1. The van der Waals surface area contributed by atoms with E-state index in [1.807, 2.05) is 0 Å². The van der Waals surface area contributed by atoms with E-state index in [2.05, 4.69) is 55.0 Å². The zero-order valence-electron chi connectivity index (χ0n) is 11.3. The Balaban J connectivity index is 2.29. The van der Waals surface area contributed by atoms with Crippen LogP contribution >= 0.6 is 12.2 Å². The molecule has 0 radical (unpaired) electrons. The molecule has 1 aromatic heterocycles. The minimum atomic E-state index is 0.430. The lowest BCUT2D eigenvalue weighted by Crippen LogP contribution is -2.05. The third-order valence-corrected chi connectivity index (χ3v) is 3.47. The highest BCUT2D eigenvalue weighted by atomic mass is 32.1. The molecule has 1 aromatic carbocycles. The Kier molecular flexibility index (Phi) is 3.66. The van der Waals surface area contributed by atoms with E-state index in [1.54, 1.807) is 0 Å². The number of aromatic nitrogens is 3. The van der Waals surface area contributed by atoms with E-state index in [-0.39, 0.29) is 0 Å². The summed E-state index contributed by atoms with van der Waals surface area (Å²) in [6.07, 6.45) is 0.873. The van der Waals surface area contributed by atoms with Gasteiger partial charge in [0, 0.05) is 6.42 Å². The van der Waals surface area contributed by atoms with Crippen molar-refractivity contribution in [3.63, 3.8) is 0 Å². The molecule has 18 heavy (non-hydrogen) atoms. The number of nitrogens with zero attached hydrogens (tertiary/aromatic N) is 1. The molecule has 1 atom stereocenters. The van der Waals surface area contributed by atoms with Crippen molar-refractivity contribution >= 4 is 12.2 Å². The number of hydrogen-bond donors (Lipinski definition) is 2. The quantitative estimate of drug-likeness (QED) is 0.827. The van der Waals surface area contributed by atoms with E-state index in [4.69, 9.17) is 12.2 Å². The van der Waals surface area contributed by atoms with Crippen LogP contribution in [-0.2, 0) is 6.42 Å². The number of benzene rings is 1. The number of aromatic amines is 2. The molecular weight excluding hydrogens is 242 g/mol. The first-order valence-electron chi connectivity index (χ1n) is 6.18. The molecule has 2 aromatic rings. The number of aryl methyl sites for hydroxylation is 3. The van der Waals surface area contributed by atoms with Gasteiger partial charge in [-0.1, -0.05) is 24.6 Å². The van der Waals surface area contributed by atoms with Crippen LogP contribution in [0.3, 0.4) is 0 Å². The fourth-order valence-electron chi connectivity index (χ4n) is 2.76. The molecule has 0 aliphatic rings. The molecule has 0 aliphatic carbocycles. The highest BCUT2D eigenvalue weighted by Crippen LogP contribution is 2.26. The first kappa shape index (κ1) is 13.0. The topological polar surface area (TPSA) is 44.5 Å². The van der Waals surface area contributed by atoms with Gasteiger partial charge >= 0.3 is 0 Å². The van der Waals surface area contributed by atoms with Crippen molar-refractivity contribution in [3.05, 3.63) is 45.0 Å². The number of H-pyrrole nitrogens is 2. The summed E-state index contributed by atoms with van der Waals surface area (Å²) < 4.78 is 0.523. The Morgan fingerprint density at radius 2 is 1.78 bits per heavy atom. The molecule has 0 saturated carbocycles. The van der Waals surface area contributed by atoms with Crippen LogP contribution in [0, 0.1) is 25.5 Å². The first-order valence-corrected chi connectivity index (χ1v) is 6.59.